The van der Waals surface area contributed by atoms with Crippen LogP contribution in [0, 0.1) is 5.92 Å². The number of hydrogen-bond acceptors (Lipinski definition) is 5. The molecule has 0 aromatic carbocycles. The molecule has 1 aliphatic heterocycles. The number of rotatable bonds is 3. The van der Waals surface area contributed by atoms with E-state index in [-0.39, 0.29) is 0 Å². The summed E-state index contributed by atoms with van der Waals surface area (Å²) >= 11 is 0. The number of nitrogens with one attached hydrogen (secondary N) is 1. The Morgan fingerprint density at radius 3 is 3.10 bits per heavy atom. The van der Waals surface area contributed by atoms with E-state index in [1.54, 1.807) is 6.20 Å². The molecule has 6 heteroatoms. The van der Waals surface area contributed by atoms with Gasteiger partial charge in [0.25, 0.3) is 0 Å². The normalized spacial score (nSPS) is 20.1. The van der Waals surface area contributed by atoms with E-state index in [1.807, 2.05) is 16.8 Å². The van der Waals surface area contributed by atoms with Gasteiger partial charge in [-0.25, -0.2) is 15.8 Å². The minimum absolute atomic E-state index is 0.668. The number of aromatic nitrogens is 3. The van der Waals surface area contributed by atoms with Crippen molar-refractivity contribution in [1.29, 1.82) is 0 Å². The Morgan fingerprint density at radius 2 is 2.30 bits per heavy atom. The molecule has 0 radical (unpaired) electrons. The fourth-order valence-electron chi connectivity index (χ4n) is 2.98. The van der Waals surface area contributed by atoms with Crippen molar-refractivity contribution in [2.24, 2.45) is 11.8 Å². The van der Waals surface area contributed by atoms with Crippen LogP contribution < -0.4 is 16.2 Å². The zero-order valence-electron chi connectivity index (χ0n) is 11.9. The van der Waals surface area contributed by atoms with Crippen molar-refractivity contribution in [2.45, 2.75) is 32.6 Å². The lowest BCUT2D eigenvalue weighted by Crippen LogP contribution is -2.26. The van der Waals surface area contributed by atoms with Gasteiger partial charge in [0.1, 0.15) is 0 Å². The van der Waals surface area contributed by atoms with Crippen LogP contribution in [0.2, 0.25) is 0 Å². The van der Waals surface area contributed by atoms with Crippen molar-refractivity contribution in [3.8, 4) is 0 Å². The van der Waals surface area contributed by atoms with E-state index in [1.165, 1.54) is 25.7 Å². The first-order valence-corrected chi connectivity index (χ1v) is 7.37. The van der Waals surface area contributed by atoms with Crippen molar-refractivity contribution < 1.29 is 0 Å². The lowest BCUT2D eigenvalue weighted by Gasteiger charge is -2.22. The molecule has 6 nitrogen and oxygen atoms in total. The molecule has 1 saturated heterocycles. The Bertz CT molecular complexity index is 578. The largest absolute Gasteiger partial charge is 0.353 e. The second-order valence-electron chi connectivity index (χ2n) is 5.44. The van der Waals surface area contributed by atoms with E-state index in [0.717, 1.165) is 30.5 Å². The van der Waals surface area contributed by atoms with Crippen molar-refractivity contribution in [1.82, 2.24) is 14.4 Å². The molecular formula is C14H22N6. The maximum absolute atomic E-state index is 5.52. The van der Waals surface area contributed by atoms with Gasteiger partial charge in [0.05, 0.1) is 6.20 Å². The minimum Gasteiger partial charge on any atom is -0.353 e. The molecule has 0 spiro atoms. The van der Waals surface area contributed by atoms with Crippen molar-refractivity contribution in [3.05, 3.63) is 18.6 Å². The Labute approximate surface area is 119 Å². The second-order valence-corrected chi connectivity index (χ2v) is 5.44. The summed E-state index contributed by atoms with van der Waals surface area (Å²) in [7, 11) is 0. The van der Waals surface area contributed by atoms with Gasteiger partial charge in [-0.3, -0.25) is 0 Å². The number of fused-ring (bicyclic) bond motifs is 1. The smallest absolute Gasteiger partial charge is 0.180 e. The van der Waals surface area contributed by atoms with E-state index >= 15 is 0 Å². The first-order valence-electron chi connectivity index (χ1n) is 7.37. The zero-order chi connectivity index (χ0) is 13.9. The van der Waals surface area contributed by atoms with Crippen LogP contribution in [0.1, 0.15) is 32.6 Å². The molecule has 0 aliphatic carbocycles. The van der Waals surface area contributed by atoms with Gasteiger partial charge < -0.3 is 14.7 Å². The topological polar surface area (TPSA) is 71.5 Å². The molecule has 0 bridgehead atoms. The first-order chi connectivity index (χ1) is 9.81. The monoisotopic (exact) mass is 274 g/mol. The van der Waals surface area contributed by atoms with Crippen LogP contribution in [-0.4, -0.2) is 27.5 Å². The van der Waals surface area contributed by atoms with Crippen molar-refractivity contribution in [2.75, 3.05) is 23.4 Å². The van der Waals surface area contributed by atoms with Crippen LogP contribution in [0.25, 0.3) is 5.65 Å². The molecule has 3 rings (SSSR count). The Balaban J connectivity index is 1.94. The molecule has 0 amide bonds. The summed E-state index contributed by atoms with van der Waals surface area (Å²) in [5, 5.41) is 0. The van der Waals surface area contributed by atoms with Crippen LogP contribution >= 0.6 is 0 Å². The highest BCUT2D eigenvalue weighted by molar-refractivity contribution is 5.66. The van der Waals surface area contributed by atoms with Crippen molar-refractivity contribution in [3.63, 3.8) is 0 Å². The average molecular weight is 274 g/mol. The minimum atomic E-state index is 0.668. The average Bonchev–Trinajstić information content (AvgIpc) is 2.82. The zero-order valence-corrected chi connectivity index (χ0v) is 11.9. The number of imidazole rings is 1. The molecule has 0 saturated carbocycles. The number of nitrogens with two attached hydrogens (primary N) is 1. The lowest BCUT2D eigenvalue weighted by molar-refractivity contribution is 0.459. The molecule has 1 aliphatic rings. The summed E-state index contributed by atoms with van der Waals surface area (Å²) in [6, 6.07) is 0. The third-order valence-corrected chi connectivity index (χ3v) is 4.23. The molecule has 1 fully saturated rings. The molecule has 3 heterocycles. The molecule has 20 heavy (non-hydrogen) atoms. The molecule has 1 atom stereocenters. The number of nitrogens with zero attached hydrogens (tertiary/aromatic N) is 4. The van der Waals surface area contributed by atoms with Crippen LogP contribution in [0.3, 0.4) is 0 Å². The molecule has 108 valence electrons. The van der Waals surface area contributed by atoms with E-state index in [0.29, 0.717) is 5.82 Å². The molecular weight excluding hydrogens is 252 g/mol. The maximum Gasteiger partial charge on any atom is 0.180 e. The Morgan fingerprint density at radius 1 is 1.40 bits per heavy atom. The van der Waals surface area contributed by atoms with Crippen LogP contribution in [0.5, 0.6) is 0 Å². The summed E-state index contributed by atoms with van der Waals surface area (Å²) in [6.07, 6.45) is 10.6. The predicted molar refractivity (Wildman–Crippen MR) is 80.6 cm³/mol. The van der Waals surface area contributed by atoms with Gasteiger partial charge in [-0.05, 0) is 25.2 Å². The highest BCUT2D eigenvalue weighted by Crippen LogP contribution is 2.26. The van der Waals surface area contributed by atoms with Gasteiger partial charge in [-0.1, -0.05) is 13.3 Å². The van der Waals surface area contributed by atoms with E-state index in [9.17, 15) is 0 Å². The molecule has 2 aromatic heterocycles. The third kappa shape index (κ3) is 2.43. The quantitative estimate of drug-likeness (QED) is 0.662. The summed E-state index contributed by atoms with van der Waals surface area (Å²) < 4.78 is 1.97. The number of hydrogen-bond donors (Lipinski definition) is 2. The van der Waals surface area contributed by atoms with Crippen LogP contribution in [0.15, 0.2) is 18.6 Å². The first kappa shape index (κ1) is 13.2. The molecule has 1 unspecified atom stereocenters. The van der Waals surface area contributed by atoms with Gasteiger partial charge in [0.2, 0.25) is 0 Å². The van der Waals surface area contributed by atoms with Gasteiger partial charge in [0.15, 0.2) is 17.3 Å². The summed E-state index contributed by atoms with van der Waals surface area (Å²) in [5.41, 5.74) is 3.54. The van der Waals surface area contributed by atoms with Crippen molar-refractivity contribution >= 4 is 17.3 Å². The van der Waals surface area contributed by atoms with Gasteiger partial charge >= 0.3 is 0 Å². The van der Waals surface area contributed by atoms with Gasteiger partial charge in [-0.15, -0.1) is 0 Å². The highest BCUT2D eigenvalue weighted by atomic mass is 15.3. The standard InChI is InChI=1S/C14H22N6/c1-2-11-4-3-7-19(8-5-11)14-13-16-6-9-20(13)10-12(17-14)18-15/h6,9-11,18H,2-5,7-8,15H2,1H3. The molecule has 2 aromatic rings. The predicted octanol–water partition coefficient (Wildman–Crippen LogP) is 2.03. The molecule has 3 N–H and O–H groups in total. The van der Waals surface area contributed by atoms with E-state index < -0.39 is 0 Å². The number of hydrazine groups is 1. The Kier molecular flexibility index (Phi) is 3.73. The highest BCUT2D eigenvalue weighted by Gasteiger charge is 2.20. The third-order valence-electron chi connectivity index (χ3n) is 4.23. The number of nitrogen functional groups attached to an aromatic ring is 1. The summed E-state index contributed by atoms with van der Waals surface area (Å²) in [4.78, 5) is 11.4. The van der Waals surface area contributed by atoms with Gasteiger partial charge in [-0.2, -0.15) is 0 Å². The maximum atomic E-state index is 5.52. The fourth-order valence-corrected chi connectivity index (χ4v) is 2.98. The second kappa shape index (κ2) is 5.66. The van der Waals surface area contributed by atoms with Crippen LogP contribution in [0.4, 0.5) is 11.6 Å². The summed E-state index contributed by atoms with van der Waals surface area (Å²) in [6.45, 7) is 4.37. The van der Waals surface area contributed by atoms with Gasteiger partial charge in [0, 0.05) is 25.5 Å². The van der Waals surface area contributed by atoms with E-state index in [2.05, 4.69) is 27.2 Å². The Hall–Kier alpha value is -1.82. The van der Waals surface area contributed by atoms with E-state index in [4.69, 9.17) is 5.84 Å². The van der Waals surface area contributed by atoms with Crippen LogP contribution in [-0.2, 0) is 0 Å². The lowest BCUT2D eigenvalue weighted by atomic mass is 9.98. The summed E-state index contributed by atoms with van der Waals surface area (Å²) in [5.74, 6) is 7.96. The number of anilines is 2. The SMILES string of the molecule is CCC1CCCN(c2nc(NN)cn3ccnc23)CC1. The fraction of sp³-hybridized carbons (Fsp3) is 0.571.